The van der Waals surface area contributed by atoms with Gasteiger partial charge in [0, 0.05) is 89.2 Å². The molecule has 2 amide bonds. The number of carbonyl (C=O) groups is 2. The van der Waals surface area contributed by atoms with Gasteiger partial charge < -0.3 is 43.8 Å². The number of aromatic nitrogens is 8. The number of nitrogens with one attached hydrogen (secondary N) is 2. The van der Waals surface area contributed by atoms with Crippen LogP contribution in [-0.4, -0.2) is 117 Å². The minimum absolute atomic E-state index is 0.0556. The van der Waals surface area contributed by atoms with Gasteiger partial charge in [0.05, 0.1) is 36.5 Å². The number of rotatable bonds is 10. The Kier molecular flexibility index (Phi) is 11.8. The first-order valence-electron chi connectivity index (χ1n) is 23.2. The number of hydrogen-bond donors (Lipinski definition) is 2. The van der Waals surface area contributed by atoms with E-state index in [0.717, 1.165) is 82.3 Å². The lowest BCUT2D eigenvalue weighted by Gasteiger charge is -2.35. The molecule has 11 heterocycles. The van der Waals surface area contributed by atoms with Crippen molar-refractivity contribution in [1.82, 2.24) is 39.7 Å². The number of anilines is 6. The molecule has 0 radical (unpaired) electrons. The predicted molar refractivity (Wildman–Crippen MR) is 255 cm³/mol. The van der Waals surface area contributed by atoms with Gasteiger partial charge in [-0.15, -0.1) is 0 Å². The van der Waals surface area contributed by atoms with Crippen LogP contribution in [0, 0.1) is 0 Å². The van der Waals surface area contributed by atoms with E-state index in [2.05, 4.69) is 35.4 Å². The Bertz CT molecular complexity index is 2950. The van der Waals surface area contributed by atoms with Crippen molar-refractivity contribution in [2.75, 3.05) is 95.8 Å². The molecule has 4 aliphatic heterocycles. The van der Waals surface area contributed by atoms with Gasteiger partial charge in [-0.2, -0.15) is 15.1 Å². The summed E-state index contributed by atoms with van der Waals surface area (Å²) in [6, 6.07) is 13.5. The fourth-order valence-corrected chi connectivity index (χ4v) is 9.69. The summed E-state index contributed by atoms with van der Waals surface area (Å²) in [5, 5.41) is 10.9. The number of pyridine rings is 4. The molecular formula is C47H51ClN14O5. The van der Waals surface area contributed by atoms with Crippen molar-refractivity contribution in [3.05, 3.63) is 77.0 Å². The van der Waals surface area contributed by atoms with Gasteiger partial charge in [-0.1, -0.05) is 17.7 Å². The highest BCUT2D eigenvalue weighted by Gasteiger charge is 2.30. The van der Waals surface area contributed by atoms with E-state index in [4.69, 9.17) is 50.1 Å². The van der Waals surface area contributed by atoms with Gasteiger partial charge in [-0.3, -0.25) is 14.3 Å². The average Bonchev–Trinajstić information content (AvgIpc) is 4.12. The van der Waals surface area contributed by atoms with Crippen LogP contribution < -0.4 is 30.2 Å². The number of aryl methyl sites for hydroxylation is 1. The normalized spacial score (nSPS) is 18.2. The summed E-state index contributed by atoms with van der Waals surface area (Å²) in [4.78, 5) is 65.9. The summed E-state index contributed by atoms with van der Waals surface area (Å²) in [5.41, 5.74) is 5.64. The molecule has 1 atom stereocenters. The number of piperidine rings is 3. The van der Waals surface area contributed by atoms with E-state index in [0.29, 0.717) is 103 Å². The van der Waals surface area contributed by atoms with Gasteiger partial charge in [0.1, 0.15) is 16.5 Å². The summed E-state index contributed by atoms with van der Waals surface area (Å²) in [5.74, 6) is 0.343. The van der Waals surface area contributed by atoms with E-state index in [1.165, 1.54) is 6.42 Å². The molecule has 4 fully saturated rings. The molecule has 4 aliphatic rings. The van der Waals surface area contributed by atoms with Crippen LogP contribution in [0.15, 0.2) is 63.7 Å². The number of morpholine rings is 1. The quantitative estimate of drug-likeness (QED) is 0.129. The molecule has 67 heavy (non-hydrogen) atoms. The largest absolute Gasteiger partial charge is 0.422 e. The van der Waals surface area contributed by atoms with E-state index in [9.17, 15) is 9.59 Å². The third-order valence-corrected chi connectivity index (χ3v) is 13.2. The second kappa shape index (κ2) is 18.4. The number of amides is 2. The zero-order valence-electron chi connectivity index (χ0n) is 37.3. The minimum atomic E-state index is -0.444. The van der Waals surface area contributed by atoms with Crippen LogP contribution in [0.3, 0.4) is 0 Å². The first-order chi connectivity index (χ1) is 32.8. The Balaban J connectivity index is 0.929. The number of ether oxygens (including phenoxy) is 1. The lowest BCUT2D eigenvalue weighted by molar-refractivity contribution is 0.101. The van der Waals surface area contributed by atoms with Gasteiger partial charge in [0.25, 0.3) is 23.8 Å². The molecule has 2 N–H and O–H groups in total. The maximum atomic E-state index is 14.7. The zero-order valence-corrected chi connectivity index (χ0v) is 38.0. The fraction of sp³-hybridized carbons (Fsp3) is 0.426. The number of carbonyl (C=O) groups excluding carboxylic acids is 2. The molecule has 4 saturated heterocycles. The highest BCUT2D eigenvalue weighted by molar-refractivity contribution is 6.29. The van der Waals surface area contributed by atoms with Crippen molar-refractivity contribution >= 4 is 80.9 Å². The summed E-state index contributed by atoms with van der Waals surface area (Å²) in [6.45, 7) is 7.01. The third-order valence-electron chi connectivity index (χ3n) is 13.0. The monoisotopic (exact) mass is 926 g/mol. The molecule has 0 spiro atoms. The Morgan fingerprint density at radius 1 is 0.657 bits per heavy atom. The molecule has 20 heteroatoms. The number of oxazole rings is 2. The van der Waals surface area contributed by atoms with Gasteiger partial charge in [0.2, 0.25) is 11.3 Å². The molecule has 0 aromatic carbocycles. The summed E-state index contributed by atoms with van der Waals surface area (Å²) < 4.78 is 19.8. The smallest absolute Gasteiger partial charge is 0.300 e. The van der Waals surface area contributed by atoms with Crippen LogP contribution in [0.2, 0.25) is 5.15 Å². The molecule has 0 aliphatic carbocycles. The molecule has 7 aromatic rings. The Labute approximate surface area is 390 Å². The van der Waals surface area contributed by atoms with Crippen molar-refractivity contribution in [2.45, 2.75) is 57.3 Å². The molecule has 0 bridgehead atoms. The third kappa shape index (κ3) is 9.04. The average molecular weight is 927 g/mol. The molecule has 11 rings (SSSR count). The van der Waals surface area contributed by atoms with Crippen LogP contribution in [0.1, 0.15) is 83.8 Å². The van der Waals surface area contributed by atoms with Gasteiger partial charge in [-0.05, 0) is 81.2 Å². The Morgan fingerprint density at radius 2 is 1.27 bits per heavy atom. The summed E-state index contributed by atoms with van der Waals surface area (Å²) in [7, 11) is 1.85. The first-order valence-corrected chi connectivity index (χ1v) is 23.6. The van der Waals surface area contributed by atoms with Crippen molar-refractivity contribution in [2.24, 2.45) is 7.05 Å². The lowest BCUT2D eigenvalue weighted by atomic mass is 9.89. The summed E-state index contributed by atoms with van der Waals surface area (Å²) >= 11 is 6.19. The van der Waals surface area contributed by atoms with Crippen LogP contribution >= 0.6 is 11.6 Å². The second-order valence-electron chi connectivity index (χ2n) is 17.7. The number of fused-ring (bicyclic) bond motifs is 2. The van der Waals surface area contributed by atoms with Gasteiger partial charge >= 0.3 is 0 Å². The fourth-order valence-electron chi connectivity index (χ4n) is 9.52. The topological polar surface area (TPSA) is 202 Å². The van der Waals surface area contributed by atoms with Crippen LogP contribution in [-0.2, 0) is 11.8 Å². The van der Waals surface area contributed by atoms with E-state index in [1.54, 1.807) is 35.1 Å². The van der Waals surface area contributed by atoms with E-state index < -0.39 is 5.91 Å². The van der Waals surface area contributed by atoms with Crippen LogP contribution in [0.4, 0.5) is 35.0 Å². The maximum absolute atomic E-state index is 14.7. The zero-order chi connectivity index (χ0) is 45.4. The van der Waals surface area contributed by atoms with Crippen molar-refractivity contribution < 1.29 is 23.2 Å². The molecule has 19 nitrogen and oxygen atoms in total. The minimum Gasteiger partial charge on any atom is -0.422 e. The van der Waals surface area contributed by atoms with E-state index in [1.807, 2.05) is 36.3 Å². The summed E-state index contributed by atoms with van der Waals surface area (Å²) in [6.07, 6.45) is 11.9. The number of hydrogen-bond acceptors (Lipinski definition) is 16. The van der Waals surface area contributed by atoms with Gasteiger partial charge in [0.15, 0.2) is 22.8 Å². The van der Waals surface area contributed by atoms with Crippen LogP contribution in [0.5, 0.6) is 0 Å². The molecule has 7 aromatic heterocycles. The standard InChI is InChI=1S/C47H51ClN14O5/c1-58-27-31(26-49-58)33-22-30(23-36(50-33)45(64)53-34-24-37-40(54-42(34)59-13-4-2-5-14-59)56-46(66-37)60-15-6-3-7-16-60)29-10-9-17-62(28-29)43-35(52-44(63)32-11-8-12-39(48)51-32)25-38-41(55-43)57-47(67-38)61-18-20-65-21-19-61/h8,11-12,22-27,29H,2-7,9-10,13-21,28H2,1H3,(H,52,63)(H,53,64). The van der Waals surface area contributed by atoms with Crippen molar-refractivity contribution in [3.63, 3.8) is 0 Å². The molecule has 1 unspecified atom stereocenters. The van der Waals surface area contributed by atoms with Crippen LogP contribution in [0.25, 0.3) is 33.7 Å². The SMILES string of the molecule is Cn1cc(-c2cc(C3CCCN(c4nc5nc(N6CCOCC6)oc5cc4NC(=O)c4cccc(Cl)n4)C3)cc(C(=O)Nc3cc4oc(N5CCCCC5)nc4nc3N3CCCCC3)n2)cn1. The second-order valence-corrected chi connectivity index (χ2v) is 18.1. The highest BCUT2D eigenvalue weighted by atomic mass is 35.5. The molecule has 346 valence electrons. The van der Waals surface area contributed by atoms with Gasteiger partial charge in [-0.25, -0.2) is 19.9 Å². The first kappa shape index (κ1) is 42.8. The Morgan fingerprint density at radius 3 is 1.91 bits per heavy atom. The molecular weight excluding hydrogens is 876 g/mol. The van der Waals surface area contributed by atoms with Crippen molar-refractivity contribution in [3.8, 4) is 11.3 Å². The number of nitrogens with zero attached hydrogens (tertiary/aromatic N) is 12. The molecule has 0 saturated carbocycles. The van der Waals surface area contributed by atoms with E-state index >= 15 is 0 Å². The predicted octanol–water partition coefficient (Wildman–Crippen LogP) is 7.31. The maximum Gasteiger partial charge on any atom is 0.300 e. The number of halogens is 1. The van der Waals surface area contributed by atoms with Crippen molar-refractivity contribution in [1.29, 1.82) is 0 Å². The highest BCUT2D eigenvalue weighted by Crippen LogP contribution is 2.38. The lowest BCUT2D eigenvalue weighted by Crippen LogP contribution is -2.36. The Hall–Kier alpha value is -6.86. The van der Waals surface area contributed by atoms with E-state index in [-0.39, 0.29) is 28.4 Å².